The number of likely N-dealkylation sites (N-methyl/N-ethyl adjacent to an activating group) is 1. The van der Waals surface area contributed by atoms with Crippen LogP contribution in [0.1, 0.15) is 17.4 Å². The van der Waals surface area contributed by atoms with Gasteiger partial charge in [0.1, 0.15) is 5.76 Å². The van der Waals surface area contributed by atoms with Crippen molar-refractivity contribution in [2.24, 2.45) is 0 Å². The van der Waals surface area contributed by atoms with Gasteiger partial charge in [-0.2, -0.15) is 0 Å². The Bertz CT molecular complexity index is 540. The molecular formula is C16H21N3OS. The quantitative estimate of drug-likeness (QED) is 0.803. The van der Waals surface area contributed by atoms with Gasteiger partial charge in [-0.25, -0.2) is 0 Å². The molecule has 21 heavy (non-hydrogen) atoms. The first-order valence-corrected chi connectivity index (χ1v) is 7.33. The van der Waals surface area contributed by atoms with E-state index < -0.39 is 0 Å². The first-order valence-electron chi connectivity index (χ1n) is 6.92. The van der Waals surface area contributed by atoms with E-state index in [-0.39, 0.29) is 6.04 Å². The topological polar surface area (TPSA) is 40.4 Å². The van der Waals surface area contributed by atoms with Crippen molar-refractivity contribution in [3.05, 3.63) is 60.1 Å². The molecule has 0 fully saturated rings. The third kappa shape index (κ3) is 4.88. The highest BCUT2D eigenvalue weighted by atomic mass is 32.1. The maximum absolute atomic E-state index is 5.47. The molecule has 2 aromatic rings. The lowest BCUT2D eigenvalue weighted by atomic mass is 10.2. The van der Waals surface area contributed by atoms with Crippen molar-refractivity contribution >= 4 is 17.3 Å². The second-order valence-electron chi connectivity index (χ2n) is 5.04. The zero-order valence-electron chi connectivity index (χ0n) is 12.4. The maximum atomic E-state index is 5.47. The standard InChI is InChI=1S/C16H21N3OS/c1-19(2)14(15-9-6-10-20-15)12-18-16(21)17-11-13-7-4-3-5-8-13/h3-10,14H,11-12H2,1-2H3,(H2,17,18,21)/t14-/m0/s1. The zero-order chi connectivity index (χ0) is 15.1. The van der Waals surface area contributed by atoms with Gasteiger partial charge in [0, 0.05) is 13.1 Å². The summed E-state index contributed by atoms with van der Waals surface area (Å²) in [5.74, 6) is 0.929. The summed E-state index contributed by atoms with van der Waals surface area (Å²) in [6, 6.07) is 14.2. The predicted octanol–water partition coefficient (Wildman–Crippen LogP) is 2.55. The van der Waals surface area contributed by atoms with Crippen molar-refractivity contribution < 1.29 is 4.42 Å². The van der Waals surface area contributed by atoms with Crippen LogP contribution in [-0.4, -0.2) is 30.7 Å². The zero-order valence-corrected chi connectivity index (χ0v) is 13.2. The molecule has 4 nitrogen and oxygen atoms in total. The molecule has 0 saturated carbocycles. The van der Waals surface area contributed by atoms with Crippen molar-refractivity contribution in [1.29, 1.82) is 0 Å². The minimum absolute atomic E-state index is 0.150. The van der Waals surface area contributed by atoms with Gasteiger partial charge >= 0.3 is 0 Å². The van der Waals surface area contributed by atoms with E-state index in [1.807, 2.05) is 44.4 Å². The summed E-state index contributed by atoms with van der Waals surface area (Å²) in [5.41, 5.74) is 1.21. The Kier molecular flexibility index (Phi) is 5.78. The molecule has 0 radical (unpaired) electrons. The Morgan fingerprint density at radius 2 is 1.90 bits per heavy atom. The molecule has 1 aromatic carbocycles. The Balaban J connectivity index is 1.80. The van der Waals surface area contributed by atoms with Crippen LogP contribution in [0.25, 0.3) is 0 Å². The molecule has 0 aliphatic rings. The van der Waals surface area contributed by atoms with Gasteiger partial charge in [-0.1, -0.05) is 30.3 Å². The second kappa shape index (κ2) is 7.81. The molecule has 0 aliphatic carbocycles. The molecule has 2 rings (SSSR count). The average molecular weight is 303 g/mol. The molecule has 1 aromatic heterocycles. The number of furan rings is 1. The molecule has 0 bridgehead atoms. The number of thiocarbonyl (C=S) groups is 1. The molecule has 112 valence electrons. The van der Waals surface area contributed by atoms with Crippen molar-refractivity contribution in [1.82, 2.24) is 15.5 Å². The summed E-state index contributed by atoms with van der Waals surface area (Å²) in [5, 5.41) is 7.10. The highest BCUT2D eigenvalue weighted by Gasteiger charge is 2.16. The van der Waals surface area contributed by atoms with Gasteiger partial charge in [0.15, 0.2) is 5.11 Å². The van der Waals surface area contributed by atoms with Crippen LogP contribution >= 0.6 is 12.2 Å². The van der Waals surface area contributed by atoms with Crippen molar-refractivity contribution in [2.45, 2.75) is 12.6 Å². The largest absolute Gasteiger partial charge is 0.468 e. The fraction of sp³-hybridized carbons (Fsp3) is 0.312. The van der Waals surface area contributed by atoms with Crippen LogP contribution < -0.4 is 10.6 Å². The lowest BCUT2D eigenvalue weighted by Gasteiger charge is -2.23. The van der Waals surface area contributed by atoms with Crippen molar-refractivity contribution in [3.63, 3.8) is 0 Å². The monoisotopic (exact) mass is 303 g/mol. The molecular weight excluding hydrogens is 282 g/mol. The van der Waals surface area contributed by atoms with Gasteiger partial charge in [-0.3, -0.25) is 4.90 Å². The molecule has 0 spiro atoms. The van der Waals surface area contributed by atoms with E-state index >= 15 is 0 Å². The second-order valence-corrected chi connectivity index (χ2v) is 5.45. The maximum Gasteiger partial charge on any atom is 0.166 e. The van der Waals surface area contributed by atoms with Crippen LogP contribution in [-0.2, 0) is 6.54 Å². The third-order valence-corrected chi connectivity index (χ3v) is 3.54. The van der Waals surface area contributed by atoms with E-state index in [9.17, 15) is 0 Å². The Morgan fingerprint density at radius 1 is 1.14 bits per heavy atom. The van der Waals surface area contributed by atoms with Crippen molar-refractivity contribution in [2.75, 3.05) is 20.6 Å². The van der Waals surface area contributed by atoms with Crippen LogP contribution in [0, 0.1) is 0 Å². The third-order valence-electron chi connectivity index (χ3n) is 3.25. The van der Waals surface area contributed by atoms with Gasteiger partial charge in [-0.05, 0) is 44.0 Å². The van der Waals surface area contributed by atoms with E-state index in [4.69, 9.17) is 16.6 Å². The number of benzene rings is 1. The number of rotatable bonds is 6. The minimum atomic E-state index is 0.150. The molecule has 2 N–H and O–H groups in total. The first-order chi connectivity index (χ1) is 10.2. The SMILES string of the molecule is CN(C)[C@@H](CNC(=S)NCc1ccccc1)c1ccco1. The fourth-order valence-corrected chi connectivity index (χ4v) is 2.20. The number of hydrogen-bond donors (Lipinski definition) is 2. The molecule has 5 heteroatoms. The summed E-state index contributed by atoms with van der Waals surface area (Å²) >= 11 is 5.32. The lowest BCUT2D eigenvalue weighted by molar-refractivity contribution is 0.258. The van der Waals surface area contributed by atoms with Gasteiger partial charge in [0.25, 0.3) is 0 Å². The molecule has 1 heterocycles. The van der Waals surface area contributed by atoms with Gasteiger partial charge < -0.3 is 15.1 Å². The minimum Gasteiger partial charge on any atom is -0.468 e. The van der Waals surface area contributed by atoms with Crippen LogP contribution in [0.15, 0.2) is 53.1 Å². The summed E-state index contributed by atoms with van der Waals surface area (Å²) in [7, 11) is 4.05. The van der Waals surface area contributed by atoms with Gasteiger partial charge in [0.2, 0.25) is 0 Å². The first kappa shape index (κ1) is 15.5. The smallest absolute Gasteiger partial charge is 0.166 e. The van der Waals surface area contributed by atoms with E-state index in [0.717, 1.165) is 12.3 Å². The van der Waals surface area contributed by atoms with Gasteiger partial charge in [-0.15, -0.1) is 0 Å². The average Bonchev–Trinajstić information content (AvgIpc) is 3.00. The molecule has 1 atom stereocenters. The highest BCUT2D eigenvalue weighted by Crippen LogP contribution is 2.17. The summed E-state index contributed by atoms with van der Waals surface area (Å²) in [6.07, 6.45) is 1.69. The van der Waals surface area contributed by atoms with E-state index in [0.29, 0.717) is 11.7 Å². The fourth-order valence-electron chi connectivity index (χ4n) is 2.05. The highest BCUT2D eigenvalue weighted by molar-refractivity contribution is 7.80. The van der Waals surface area contributed by atoms with Crippen molar-refractivity contribution in [3.8, 4) is 0 Å². The predicted molar refractivity (Wildman–Crippen MR) is 89.0 cm³/mol. The number of nitrogens with zero attached hydrogens (tertiary/aromatic N) is 1. The lowest BCUT2D eigenvalue weighted by Crippen LogP contribution is -2.39. The molecule has 0 aliphatic heterocycles. The van der Waals surface area contributed by atoms with E-state index in [1.54, 1.807) is 6.26 Å². The van der Waals surface area contributed by atoms with E-state index in [1.165, 1.54) is 5.56 Å². The summed E-state index contributed by atoms with van der Waals surface area (Å²) in [4.78, 5) is 2.10. The molecule has 0 saturated heterocycles. The number of hydrogen-bond acceptors (Lipinski definition) is 3. The van der Waals surface area contributed by atoms with Crippen LogP contribution in [0.2, 0.25) is 0 Å². The normalized spacial score (nSPS) is 12.1. The van der Waals surface area contributed by atoms with Crippen LogP contribution in [0.5, 0.6) is 0 Å². The summed E-state index contributed by atoms with van der Waals surface area (Å²) < 4.78 is 5.47. The summed E-state index contributed by atoms with van der Waals surface area (Å²) in [6.45, 7) is 1.42. The Morgan fingerprint density at radius 3 is 2.52 bits per heavy atom. The van der Waals surface area contributed by atoms with Gasteiger partial charge in [0.05, 0.1) is 12.3 Å². The Labute approximate surface area is 131 Å². The Hall–Kier alpha value is -1.85. The van der Waals surface area contributed by atoms with Crippen LogP contribution in [0.4, 0.5) is 0 Å². The number of nitrogens with one attached hydrogen (secondary N) is 2. The van der Waals surface area contributed by atoms with Crippen LogP contribution in [0.3, 0.4) is 0 Å². The molecule has 0 amide bonds. The van der Waals surface area contributed by atoms with E-state index in [2.05, 4.69) is 27.7 Å². The molecule has 0 unspecified atom stereocenters.